The fraction of sp³-hybridized carbons (Fsp3) is 0.636. The van der Waals surface area contributed by atoms with Gasteiger partial charge in [0.05, 0.1) is 5.69 Å². The Labute approximate surface area is 89.3 Å². The third-order valence-corrected chi connectivity index (χ3v) is 3.42. The number of rotatable bonds is 1. The summed E-state index contributed by atoms with van der Waals surface area (Å²) >= 11 is 0. The molecule has 0 amide bonds. The van der Waals surface area contributed by atoms with Crippen molar-refractivity contribution < 1.29 is 0 Å². The van der Waals surface area contributed by atoms with Crippen molar-refractivity contribution in [3.63, 3.8) is 0 Å². The Hall–Kier alpha value is -1.00. The molecule has 3 rings (SSSR count). The van der Waals surface area contributed by atoms with E-state index in [1.54, 1.807) is 0 Å². The molecule has 15 heavy (non-hydrogen) atoms. The van der Waals surface area contributed by atoms with Gasteiger partial charge in [0.15, 0.2) is 0 Å². The van der Waals surface area contributed by atoms with E-state index < -0.39 is 0 Å². The molecule has 1 aromatic heterocycles. The molecule has 4 nitrogen and oxygen atoms in total. The smallest absolute Gasteiger partial charge is 0.133 e. The van der Waals surface area contributed by atoms with E-state index >= 15 is 0 Å². The molecule has 1 aliphatic carbocycles. The summed E-state index contributed by atoms with van der Waals surface area (Å²) in [5.74, 6) is 1.47. The third kappa shape index (κ3) is 1.54. The Morgan fingerprint density at radius 3 is 3.13 bits per heavy atom. The Kier molecular flexibility index (Phi) is 2.18. The van der Waals surface area contributed by atoms with Crippen LogP contribution in [0.2, 0.25) is 0 Å². The lowest BCUT2D eigenvalue weighted by atomic mass is 10.1. The van der Waals surface area contributed by atoms with E-state index in [1.165, 1.54) is 5.56 Å². The summed E-state index contributed by atoms with van der Waals surface area (Å²) in [4.78, 5) is 9.10. The summed E-state index contributed by atoms with van der Waals surface area (Å²) in [6.45, 7) is 2.09. The lowest BCUT2D eigenvalue weighted by Crippen LogP contribution is -2.13. The molecule has 2 atom stereocenters. The fourth-order valence-electron chi connectivity index (χ4n) is 2.47. The topological polar surface area (TPSA) is 63.8 Å². The zero-order valence-electron chi connectivity index (χ0n) is 8.74. The molecule has 0 saturated carbocycles. The van der Waals surface area contributed by atoms with Crippen LogP contribution < -0.4 is 11.1 Å². The van der Waals surface area contributed by atoms with Crippen LogP contribution in [0, 0.1) is 0 Å². The average molecular weight is 204 g/mol. The highest BCUT2D eigenvalue weighted by atomic mass is 15.0. The molecule has 0 bridgehead atoms. The van der Waals surface area contributed by atoms with E-state index in [0.717, 1.165) is 43.9 Å². The van der Waals surface area contributed by atoms with Crippen molar-refractivity contribution in [1.82, 2.24) is 15.3 Å². The fourth-order valence-corrected chi connectivity index (χ4v) is 2.47. The van der Waals surface area contributed by atoms with Gasteiger partial charge in [-0.25, -0.2) is 9.97 Å². The summed E-state index contributed by atoms with van der Waals surface area (Å²) in [7, 11) is 0. The summed E-state index contributed by atoms with van der Waals surface area (Å²) in [5, 5.41) is 3.34. The Morgan fingerprint density at radius 2 is 2.33 bits per heavy atom. The van der Waals surface area contributed by atoms with Crippen molar-refractivity contribution in [2.45, 2.75) is 31.2 Å². The molecule has 1 aliphatic heterocycles. The van der Waals surface area contributed by atoms with Crippen molar-refractivity contribution in [1.29, 1.82) is 0 Å². The number of hydrogen-bond donors (Lipinski definition) is 2. The predicted octanol–water partition coefficient (Wildman–Crippen LogP) is 0.499. The van der Waals surface area contributed by atoms with Gasteiger partial charge in [0.2, 0.25) is 0 Å². The number of aromatic nitrogens is 2. The largest absolute Gasteiger partial charge is 0.323 e. The van der Waals surface area contributed by atoms with Gasteiger partial charge in [0, 0.05) is 24.7 Å². The number of aryl methyl sites for hydroxylation is 1. The second kappa shape index (κ2) is 3.54. The van der Waals surface area contributed by atoms with Crippen molar-refractivity contribution in [2.75, 3.05) is 13.1 Å². The highest BCUT2D eigenvalue weighted by Crippen LogP contribution is 2.28. The molecule has 80 valence electrons. The second-order valence-corrected chi connectivity index (χ2v) is 4.47. The van der Waals surface area contributed by atoms with Gasteiger partial charge < -0.3 is 11.1 Å². The number of nitrogens with zero attached hydrogens (tertiary/aromatic N) is 2. The van der Waals surface area contributed by atoms with Gasteiger partial charge in [-0.15, -0.1) is 0 Å². The molecule has 1 saturated heterocycles. The lowest BCUT2D eigenvalue weighted by Gasteiger charge is -2.10. The van der Waals surface area contributed by atoms with E-state index in [-0.39, 0.29) is 6.04 Å². The molecule has 0 radical (unpaired) electrons. The van der Waals surface area contributed by atoms with Gasteiger partial charge in [0.25, 0.3) is 0 Å². The van der Waals surface area contributed by atoms with Crippen LogP contribution >= 0.6 is 0 Å². The van der Waals surface area contributed by atoms with Gasteiger partial charge in [0.1, 0.15) is 5.82 Å². The van der Waals surface area contributed by atoms with Crippen LogP contribution in [0.1, 0.15) is 41.9 Å². The molecule has 2 aliphatic rings. The molecule has 0 spiro atoms. The molecule has 1 fully saturated rings. The normalized spacial score (nSPS) is 29.4. The highest BCUT2D eigenvalue weighted by molar-refractivity contribution is 5.27. The van der Waals surface area contributed by atoms with Gasteiger partial charge in [-0.05, 0) is 31.4 Å². The average Bonchev–Trinajstić information content (AvgIpc) is 2.88. The first kappa shape index (κ1) is 9.24. The molecule has 2 unspecified atom stereocenters. The Morgan fingerprint density at radius 1 is 1.40 bits per heavy atom. The van der Waals surface area contributed by atoms with Gasteiger partial charge in [-0.1, -0.05) is 0 Å². The molecule has 4 heteroatoms. The Bertz CT molecular complexity index is 371. The minimum Gasteiger partial charge on any atom is -0.323 e. The molecule has 1 aromatic rings. The number of nitrogens with two attached hydrogens (primary N) is 1. The lowest BCUT2D eigenvalue weighted by molar-refractivity contribution is 0.663. The van der Waals surface area contributed by atoms with Crippen LogP contribution in [-0.2, 0) is 6.42 Å². The predicted molar refractivity (Wildman–Crippen MR) is 57.5 cm³/mol. The van der Waals surface area contributed by atoms with Crippen molar-refractivity contribution >= 4 is 0 Å². The minimum atomic E-state index is 0.135. The monoisotopic (exact) mass is 204 g/mol. The van der Waals surface area contributed by atoms with E-state index in [4.69, 9.17) is 5.73 Å². The summed E-state index contributed by atoms with van der Waals surface area (Å²) in [6.07, 6.45) is 5.19. The number of nitrogens with one attached hydrogen (secondary N) is 1. The summed E-state index contributed by atoms with van der Waals surface area (Å²) < 4.78 is 0. The second-order valence-electron chi connectivity index (χ2n) is 4.47. The SMILES string of the molecule is NC1CCc2cnc(C3CCNC3)nc21. The van der Waals surface area contributed by atoms with Gasteiger partial charge in [-0.2, -0.15) is 0 Å². The first-order chi connectivity index (χ1) is 7.34. The van der Waals surface area contributed by atoms with Gasteiger partial charge >= 0.3 is 0 Å². The molecular formula is C11H16N4. The molecule has 3 N–H and O–H groups in total. The van der Waals surface area contributed by atoms with Gasteiger partial charge in [-0.3, -0.25) is 0 Å². The van der Waals surface area contributed by atoms with Crippen molar-refractivity contribution in [2.24, 2.45) is 5.73 Å². The quantitative estimate of drug-likeness (QED) is 0.699. The van der Waals surface area contributed by atoms with E-state index in [2.05, 4.69) is 15.3 Å². The van der Waals surface area contributed by atoms with E-state index in [0.29, 0.717) is 5.92 Å². The highest BCUT2D eigenvalue weighted by Gasteiger charge is 2.25. The standard InChI is InChI=1S/C11H16N4/c12-9-2-1-7-6-14-11(15-10(7)9)8-3-4-13-5-8/h6,8-9,13H,1-5,12H2. The van der Waals surface area contributed by atoms with Crippen LogP contribution in [0.15, 0.2) is 6.20 Å². The number of hydrogen-bond acceptors (Lipinski definition) is 4. The van der Waals surface area contributed by atoms with Crippen LogP contribution in [0.4, 0.5) is 0 Å². The zero-order valence-corrected chi connectivity index (χ0v) is 8.74. The molecule has 2 heterocycles. The first-order valence-electron chi connectivity index (χ1n) is 5.66. The van der Waals surface area contributed by atoms with Crippen LogP contribution in [0.5, 0.6) is 0 Å². The third-order valence-electron chi connectivity index (χ3n) is 3.42. The summed E-state index contributed by atoms with van der Waals surface area (Å²) in [5.41, 5.74) is 8.35. The first-order valence-corrected chi connectivity index (χ1v) is 5.66. The van der Waals surface area contributed by atoms with Crippen LogP contribution in [0.3, 0.4) is 0 Å². The van der Waals surface area contributed by atoms with Crippen LogP contribution in [-0.4, -0.2) is 23.1 Å². The number of fused-ring (bicyclic) bond motifs is 1. The van der Waals surface area contributed by atoms with Crippen molar-refractivity contribution in [3.05, 3.63) is 23.3 Å². The minimum absolute atomic E-state index is 0.135. The maximum absolute atomic E-state index is 6.01. The van der Waals surface area contributed by atoms with E-state index in [1.807, 2.05) is 6.20 Å². The zero-order chi connectivity index (χ0) is 10.3. The van der Waals surface area contributed by atoms with Crippen molar-refractivity contribution in [3.8, 4) is 0 Å². The molecular weight excluding hydrogens is 188 g/mol. The van der Waals surface area contributed by atoms with Crippen LogP contribution in [0.25, 0.3) is 0 Å². The summed E-state index contributed by atoms with van der Waals surface area (Å²) in [6, 6.07) is 0.135. The maximum atomic E-state index is 6.01. The molecule has 0 aromatic carbocycles. The van der Waals surface area contributed by atoms with E-state index in [9.17, 15) is 0 Å². The maximum Gasteiger partial charge on any atom is 0.133 e. The Balaban J connectivity index is 1.94.